The third kappa shape index (κ3) is 4.01. The first-order chi connectivity index (χ1) is 7.25. The van der Waals surface area contributed by atoms with Crippen molar-refractivity contribution in [3.63, 3.8) is 0 Å². The van der Waals surface area contributed by atoms with Crippen LogP contribution in [0.2, 0.25) is 0 Å². The molecule has 0 aliphatic rings. The van der Waals surface area contributed by atoms with Crippen LogP contribution in [0.3, 0.4) is 0 Å². The van der Waals surface area contributed by atoms with E-state index >= 15 is 0 Å². The van der Waals surface area contributed by atoms with Crippen molar-refractivity contribution in [2.45, 2.75) is 26.8 Å². The Bertz CT molecular complexity index is 283. The highest BCUT2D eigenvalue weighted by Crippen LogP contribution is 2.04. The number of ether oxygens (including phenoxy) is 1. The molecule has 4 heteroatoms. The zero-order valence-corrected chi connectivity index (χ0v) is 9.92. The van der Waals surface area contributed by atoms with Crippen LogP contribution in [-0.2, 0) is 18.3 Å². The van der Waals surface area contributed by atoms with E-state index in [0.717, 1.165) is 32.7 Å². The standard InChI is InChI=1S/C11H21N3O/c1-4-15-7-5-6-12-8-11-9-13-14(3)10(11)2/h9,12H,4-8H2,1-3H3. The number of hydrogen-bond donors (Lipinski definition) is 1. The Kier molecular flexibility index (Phi) is 5.36. The van der Waals surface area contributed by atoms with E-state index in [1.807, 2.05) is 24.9 Å². The fourth-order valence-electron chi connectivity index (χ4n) is 1.38. The van der Waals surface area contributed by atoms with Crippen LogP contribution in [0, 0.1) is 6.92 Å². The third-order valence-electron chi connectivity index (χ3n) is 2.50. The molecule has 0 saturated heterocycles. The van der Waals surface area contributed by atoms with E-state index in [2.05, 4.69) is 17.3 Å². The van der Waals surface area contributed by atoms with E-state index in [1.165, 1.54) is 11.3 Å². The van der Waals surface area contributed by atoms with Crippen molar-refractivity contribution in [1.29, 1.82) is 0 Å². The second kappa shape index (κ2) is 6.58. The summed E-state index contributed by atoms with van der Waals surface area (Å²) in [6, 6.07) is 0. The summed E-state index contributed by atoms with van der Waals surface area (Å²) in [5, 5.41) is 7.58. The molecule has 15 heavy (non-hydrogen) atoms. The van der Waals surface area contributed by atoms with Crippen LogP contribution in [0.1, 0.15) is 24.6 Å². The van der Waals surface area contributed by atoms with Crippen LogP contribution in [0.4, 0.5) is 0 Å². The average Bonchev–Trinajstić information content (AvgIpc) is 2.54. The van der Waals surface area contributed by atoms with Gasteiger partial charge in [-0.05, 0) is 26.8 Å². The molecule has 0 fully saturated rings. The number of aryl methyl sites for hydroxylation is 1. The van der Waals surface area contributed by atoms with Gasteiger partial charge < -0.3 is 10.1 Å². The quantitative estimate of drug-likeness (QED) is 0.690. The van der Waals surface area contributed by atoms with Gasteiger partial charge >= 0.3 is 0 Å². The van der Waals surface area contributed by atoms with E-state index < -0.39 is 0 Å². The highest BCUT2D eigenvalue weighted by atomic mass is 16.5. The SMILES string of the molecule is CCOCCCNCc1cnn(C)c1C. The fraction of sp³-hybridized carbons (Fsp3) is 0.727. The van der Waals surface area contributed by atoms with Crippen LogP contribution in [0.15, 0.2) is 6.20 Å². The van der Waals surface area contributed by atoms with E-state index in [-0.39, 0.29) is 0 Å². The molecule has 0 radical (unpaired) electrons. The molecule has 0 aromatic carbocycles. The summed E-state index contributed by atoms with van der Waals surface area (Å²) < 4.78 is 7.16. The zero-order chi connectivity index (χ0) is 11.1. The first kappa shape index (κ1) is 12.2. The van der Waals surface area contributed by atoms with Crippen LogP contribution in [0.5, 0.6) is 0 Å². The first-order valence-corrected chi connectivity index (χ1v) is 5.51. The highest BCUT2D eigenvalue weighted by Gasteiger charge is 2.01. The van der Waals surface area contributed by atoms with Gasteiger partial charge in [0.2, 0.25) is 0 Å². The van der Waals surface area contributed by atoms with Gasteiger partial charge in [0.1, 0.15) is 0 Å². The van der Waals surface area contributed by atoms with Gasteiger partial charge in [-0.3, -0.25) is 4.68 Å². The van der Waals surface area contributed by atoms with Crippen molar-refractivity contribution in [2.75, 3.05) is 19.8 Å². The molecule has 1 aromatic heterocycles. The Morgan fingerprint density at radius 3 is 2.93 bits per heavy atom. The topological polar surface area (TPSA) is 39.1 Å². The van der Waals surface area contributed by atoms with Crippen LogP contribution >= 0.6 is 0 Å². The Labute approximate surface area is 91.6 Å². The monoisotopic (exact) mass is 211 g/mol. The van der Waals surface area contributed by atoms with Crippen molar-refractivity contribution in [1.82, 2.24) is 15.1 Å². The fourth-order valence-corrected chi connectivity index (χ4v) is 1.38. The summed E-state index contributed by atoms with van der Waals surface area (Å²) >= 11 is 0. The van der Waals surface area contributed by atoms with Crippen molar-refractivity contribution in [3.05, 3.63) is 17.5 Å². The summed E-state index contributed by atoms with van der Waals surface area (Å²) in [5.41, 5.74) is 2.50. The molecule has 0 aliphatic heterocycles. The second-order valence-electron chi connectivity index (χ2n) is 3.61. The van der Waals surface area contributed by atoms with Gasteiger partial charge in [-0.15, -0.1) is 0 Å². The lowest BCUT2D eigenvalue weighted by Crippen LogP contribution is -2.16. The van der Waals surface area contributed by atoms with Crippen molar-refractivity contribution in [2.24, 2.45) is 7.05 Å². The molecule has 0 unspecified atom stereocenters. The van der Waals surface area contributed by atoms with Crippen molar-refractivity contribution >= 4 is 0 Å². The Hall–Kier alpha value is -0.870. The molecule has 0 spiro atoms. The predicted octanol–water partition coefficient (Wildman–Crippen LogP) is 1.24. The molecule has 1 rings (SSSR count). The molecule has 1 aromatic rings. The lowest BCUT2D eigenvalue weighted by Gasteiger charge is -2.04. The van der Waals surface area contributed by atoms with E-state index in [9.17, 15) is 0 Å². The molecular weight excluding hydrogens is 190 g/mol. The highest BCUT2D eigenvalue weighted by molar-refractivity contribution is 5.15. The van der Waals surface area contributed by atoms with Crippen LogP contribution < -0.4 is 5.32 Å². The first-order valence-electron chi connectivity index (χ1n) is 5.51. The van der Waals surface area contributed by atoms with Gasteiger partial charge in [-0.1, -0.05) is 0 Å². The average molecular weight is 211 g/mol. The lowest BCUT2D eigenvalue weighted by atomic mass is 10.2. The molecule has 0 aliphatic carbocycles. The Balaban J connectivity index is 2.12. The van der Waals surface area contributed by atoms with Gasteiger partial charge in [0.05, 0.1) is 6.20 Å². The lowest BCUT2D eigenvalue weighted by molar-refractivity contribution is 0.144. The van der Waals surface area contributed by atoms with Crippen molar-refractivity contribution < 1.29 is 4.74 Å². The van der Waals surface area contributed by atoms with Crippen molar-refractivity contribution in [3.8, 4) is 0 Å². The Morgan fingerprint density at radius 2 is 2.33 bits per heavy atom. The maximum atomic E-state index is 5.26. The molecule has 0 amide bonds. The maximum Gasteiger partial charge on any atom is 0.0537 e. The normalized spacial score (nSPS) is 10.9. The molecule has 86 valence electrons. The van der Waals surface area contributed by atoms with Gasteiger partial charge in [-0.25, -0.2) is 0 Å². The molecule has 0 bridgehead atoms. The predicted molar refractivity (Wildman–Crippen MR) is 60.8 cm³/mol. The molecule has 1 N–H and O–H groups in total. The zero-order valence-electron chi connectivity index (χ0n) is 9.92. The van der Waals surface area contributed by atoms with Gasteiger partial charge in [0.25, 0.3) is 0 Å². The summed E-state index contributed by atoms with van der Waals surface area (Å²) in [5.74, 6) is 0. The number of nitrogens with zero attached hydrogens (tertiary/aromatic N) is 2. The molecule has 0 atom stereocenters. The molecule has 4 nitrogen and oxygen atoms in total. The number of hydrogen-bond acceptors (Lipinski definition) is 3. The molecule has 0 saturated carbocycles. The molecular formula is C11H21N3O. The third-order valence-corrected chi connectivity index (χ3v) is 2.50. The maximum absolute atomic E-state index is 5.26. The second-order valence-corrected chi connectivity index (χ2v) is 3.61. The minimum absolute atomic E-state index is 0.807. The summed E-state index contributed by atoms with van der Waals surface area (Å²) in [4.78, 5) is 0. The largest absolute Gasteiger partial charge is 0.382 e. The number of rotatable bonds is 7. The van der Waals surface area contributed by atoms with Gasteiger partial charge in [-0.2, -0.15) is 5.10 Å². The Morgan fingerprint density at radius 1 is 1.53 bits per heavy atom. The minimum atomic E-state index is 0.807. The van der Waals surface area contributed by atoms with E-state index in [0.29, 0.717) is 0 Å². The summed E-state index contributed by atoms with van der Waals surface area (Å²) in [7, 11) is 1.97. The number of nitrogens with one attached hydrogen (secondary N) is 1. The van der Waals surface area contributed by atoms with Crippen LogP contribution in [-0.4, -0.2) is 29.5 Å². The summed E-state index contributed by atoms with van der Waals surface area (Å²) in [6.45, 7) is 7.65. The summed E-state index contributed by atoms with van der Waals surface area (Å²) in [6.07, 6.45) is 2.98. The van der Waals surface area contributed by atoms with Gasteiger partial charge in [0, 0.05) is 38.1 Å². The van der Waals surface area contributed by atoms with E-state index in [1.54, 1.807) is 0 Å². The van der Waals surface area contributed by atoms with E-state index in [4.69, 9.17) is 4.74 Å². The number of aromatic nitrogens is 2. The van der Waals surface area contributed by atoms with Crippen LogP contribution in [0.25, 0.3) is 0 Å². The smallest absolute Gasteiger partial charge is 0.0537 e. The van der Waals surface area contributed by atoms with Gasteiger partial charge in [0.15, 0.2) is 0 Å². The molecule has 1 heterocycles. The minimum Gasteiger partial charge on any atom is -0.382 e.